The highest BCUT2D eigenvalue weighted by Gasteiger charge is 2.92. The lowest BCUT2D eigenvalue weighted by Crippen LogP contribution is -2.47. The number of alkyl halides is 6. The molecule has 7 atom stereocenters. The van der Waals surface area contributed by atoms with Crippen LogP contribution < -0.4 is 0 Å². The third kappa shape index (κ3) is 1.16. The summed E-state index contributed by atoms with van der Waals surface area (Å²) in [6.45, 7) is 0. The molecule has 1 heterocycles. The molecule has 1 saturated heterocycles. The molecular weight excluding hydrogens is 420 g/mol. The fourth-order valence-corrected chi connectivity index (χ4v) is 7.80. The minimum atomic E-state index is -1.58. The van der Waals surface area contributed by atoms with E-state index in [9.17, 15) is 0 Å². The highest BCUT2D eigenvalue weighted by molar-refractivity contribution is 6.66. The summed E-state index contributed by atoms with van der Waals surface area (Å²) in [6, 6.07) is 0. The van der Waals surface area contributed by atoms with Crippen LogP contribution in [0.4, 0.5) is 0 Å². The van der Waals surface area contributed by atoms with Gasteiger partial charge in [0.1, 0.15) is 15.9 Å². The van der Waals surface area contributed by atoms with E-state index in [1.54, 1.807) is 0 Å². The first-order valence-corrected chi connectivity index (χ1v) is 8.47. The van der Waals surface area contributed by atoms with Crippen molar-refractivity contribution in [2.24, 2.45) is 11.8 Å². The Hall–Kier alpha value is 2.02. The number of allylic oxidation sites excluding steroid dienone is 2. The monoisotopic (exact) mass is 420 g/mol. The van der Waals surface area contributed by atoms with Crippen molar-refractivity contribution in [2.45, 2.75) is 30.6 Å². The average molecular weight is 424 g/mol. The maximum absolute atomic E-state index is 6.65. The van der Waals surface area contributed by atoms with Gasteiger partial charge in [-0.05, 0) is 0 Å². The topological polar surface area (TPSA) is 12.5 Å². The molecule has 3 fully saturated rings. The molecule has 4 rings (SSSR count). The molecule has 19 heavy (non-hydrogen) atoms. The predicted octanol–water partition coefficient (Wildman–Crippen LogP) is 5.02. The first kappa shape index (κ1) is 14.6. The Morgan fingerprint density at radius 3 is 1.84 bits per heavy atom. The van der Waals surface area contributed by atoms with Crippen molar-refractivity contribution in [1.29, 1.82) is 0 Å². The number of rotatable bonds is 0. The fraction of sp³-hybridized carbons (Fsp3) is 0.800. The maximum Gasteiger partial charge on any atom is 0.185 e. The standard InChI is InChI=1S/C10H4Cl8O/c11-3-1-2(6-9(3,16)19-6)8(15)5(13)4(12)7(1,14)10(8,17)18/h1-3,6H/t1?,2?,3?,6?,7-,8+,9?/m1/s1. The Morgan fingerprint density at radius 2 is 1.32 bits per heavy atom. The van der Waals surface area contributed by atoms with Gasteiger partial charge in [0.05, 0.1) is 15.4 Å². The molecule has 9 heteroatoms. The summed E-state index contributed by atoms with van der Waals surface area (Å²) >= 11 is 51.3. The van der Waals surface area contributed by atoms with Gasteiger partial charge in [-0.25, -0.2) is 0 Å². The summed E-state index contributed by atoms with van der Waals surface area (Å²) in [7, 11) is 0. The van der Waals surface area contributed by atoms with E-state index in [0.29, 0.717) is 0 Å². The Bertz CT molecular complexity index is 520. The van der Waals surface area contributed by atoms with E-state index in [-0.39, 0.29) is 22.1 Å². The Balaban J connectivity index is 2.00. The van der Waals surface area contributed by atoms with Gasteiger partial charge in [-0.3, -0.25) is 0 Å². The van der Waals surface area contributed by atoms with Crippen molar-refractivity contribution in [1.82, 2.24) is 0 Å². The molecule has 0 spiro atoms. The second kappa shape index (κ2) is 3.57. The van der Waals surface area contributed by atoms with E-state index >= 15 is 0 Å². The van der Waals surface area contributed by atoms with E-state index in [4.69, 9.17) is 97.5 Å². The Morgan fingerprint density at radius 1 is 0.842 bits per heavy atom. The van der Waals surface area contributed by atoms with Gasteiger partial charge < -0.3 is 4.74 Å². The van der Waals surface area contributed by atoms with E-state index in [1.165, 1.54) is 0 Å². The molecule has 3 aliphatic carbocycles. The molecule has 1 nitrogen and oxygen atoms in total. The van der Waals surface area contributed by atoms with Crippen LogP contribution in [-0.4, -0.2) is 30.6 Å². The van der Waals surface area contributed by atoms with Gasteiger partial charge in [0.15, 0.2) is 9.39 Å². The van der Waals surface area contributed by atoms with Gasteiger partial charge in [-0.2, -0.15) is 0 Å². The average Bonchev–Trinajstić information content (AvgIpc) is 2.90. The van der Waals surface area contributed by atoms with Crippen LogP contribution in [0.25, 0.3) is 0 Å². The lowest BCUT2D eigenvalue weighted by Gasteiger charge is -2.35. The number of halogens is 8. The number of hydrogen-bond acceptors (Lipinski definition) is 1. The van der Waals surface area contributed by atoms with Crippen LogP contribution in [0.2, 0.25) is 0 Å². The molecule has 0 aromatic rings. The zero-order chi connectivity index (χ0) is 14.2. The summed E-state index contributed by atoms with van der Waals surface area (Å²) in [5.41, 5.74) is 0. The molecule has 0 aromatic carbocycles. The van der Waals surface area contributed by atoms with E-state index < -0.39 is 30.4 Å². The SMILES string of the molecule is ClC1=C(Cl)[C@]2(Cl)C3C(Cl)C4(Cl)OC4C3[C@@]1(Cl)C2(Cl)Cl. The molecule has 4 aliphatic rings. The predicted molar refractivity (Wildman–Crippen MR) is 80.4 cm³/mol. The summed E-state index contributed by atoms with van der Waals surface area (Å²) in [5.74, 6) is -0.786. The molecule has 5 unspecified atom stereocenters. The van der Waals surface area contributed by atoms with Gasteiger partial charge in [-0.1, -0.05) is 58.0 Å². The maximum atomic E-state index is 6.65. The van der Waals surface area contributed by atoms with Crippen LogP contribution >= 0.6 is 92.8 Å². The molecule has 1 aliphatic heterocycles. The van der Waals surface area contributed by atoms with E-state index in [1.807, 2.05) is 0 Å². The van der Waals surface area contributed by atoms with Crippen molar-refractivity contribution in [3.05, 3.63) is 10.1 Å². The molecule has 0 amide bonds. The first-order valence-electron chi connectivity index (χ1n) is 5.39. The number of hydrogen-bond donors (Lipinski definition) is 0. The van der Waals surface area contributed by atoms with Crippen LogP contribution in [-0.2, 0) is 4.74 Å². The highest BCUT2D eigenvalue weighted by Crippen LogP contribution is 2.83. The van der Waals surface area contributed by atoms with E-state index in [2.05, 4.69) is 0 Å². The fourth-order valence-electron chi connectivity index (χ4n) is 3.79. The smallest absolute Gasteiger partial charge is 0.185 e. The van der Waals surface area contributed by atoms with E-state index in [0.717, 1.165) is 0 Å². The number of fused-ring (bicyclic) bond motifs is 7. The molecule has 0 aromatic heterocycles. The zero-order valence-electron chi connectivity index (χ0n) is 8.74. The van der Waals surface area contributed by atoms with Gasteiger partial charge in [0.2, 0.25) is 0 Å². The van der Waals surface area contributed by atoms with Crippen LogP contribution in [0.3, 0.4) is 0 Å². The second-order valence-corrected chi connectivity index (χ2v) is 9.65. The van der Waals surface area contributed by atoms with Gasteiger partial charge in [-0.15, -0.1) is 34.8 Å². The normalized spacial score (nSPS) is 64.4. The molecule has 2 saturated carbocycles. The number of epoxide rings is 1. The van der Waals surface area contributed by atoms with Crippen molar-refractivity contribution >= 4 is 92.8 Å². The lowest BCUT2D eigenvalue weighted by molar-refractivity contribution is 0.194. The largest absolute Gasteiger partial charge is 0.347 e. The van der Waals surface area contributed by atoms with Crippen LogP contribution in [0, 0.1) is 11.8 Å². The first-order chi connectivity index (χ1) is 8.56. The highest BCUT2D eigenvalue weighted by atomic mass is 35.5. The van der Waals surface area contributed by atoms with Crippen molar-refractivity contribution in [3.63, 3.8) is 0 Å². The minimum absolute atomic E-state index is 0.143. The molecule has 2 bridgehead atoms. The summed E-state index contributed by atoms with van der Waals surface area (Å²) in [4.78, 5) is -2.70. The zero-order valence-corrected chi connectivity index (χ0v) is 14.8. The van der Waals surface area contributed by atoms with Crippen LogP contribution in [0.15, 0.2) is 10.1 Å². The third-order valence-corrected chi connectivity index (χ3v) is 10.2. The minimum Gasteiger partial charge on any atom is -0.347 e. The van der Waals surface area contributed by atoms with Crippen molar-refractivity contribution < 1.29 is 4.74 Å². The Labute approximate surface area is 149 Å². The number of ether oxygens (including phenoxy) is 1. The summed E-state index contributed by atoms with van der Waals surface area (Å²) in [6.07, 6.45) is -0.379. The molecule has 106 valence electrons. The summed E-state index contributed by atoms with van der Waals surface area (Å²) in [5, 5.41) is -1.29. The lowest BCUT2D eigenvalue weighted by atomic mass is 9.83. The van der Waals surface area contributed by atoms with Gasteiger partial charge in [0, 0.05) is 11.8 Å². The summed E-state index contributed by atoms with van der Waals surface area (Å²) < 4.78 is 3.88. The molecule has 0 radical (unpaired) electrons. The third-order valence-electron chi connectivity index (χ3n) is 4.71. The molecular formula is C10H4Cl8O. The van der Waals surface area contributed by atoms with Crippen LogP contribution in [0.1, 0.15) is 0 Å². The second-order valence-electron chi connectivity index (χ2n) is 5.32. The quantitative estimate of drug-likeness (QED) is 0.394. The molecule has 0 N–H and O–H groups in total. The van der Waals surface area contributed by atoms with Crippen molar-refractivity contribution in [2.75, 3.05) is 0 Å². The van der Waals surface area contributed by atoms with Gasteiger partial charge >= 0.3 is 0 Å². The Kier molecular flexibility index (Phi) is 2.75. The van der Waals surface area contributed by atoms with Crippen LogP contribution in [0.5, 0.6) is 0 Å². The van der Waals surface area contributed by atoms with Crippen molar-refractivity contribution in [3.8, 4) is 0 Å². The van der Waals surface area contributed by atoms with Gasteiger partial charge in [0.25, 0.3) is 0 Å².